The van der Waals surface area contributed by atoms with Crippen molar-refractivity contribution in [3.8, 4) is 0 Å². The molecule has 0 atom stereocenters. The second kappa shape index (κ2) is 4.70. The zero-order valence-corrected chi connectivity index (χ0v) is 11.6. The number of carbonyl (C=O) groups is 1. The Labute approximate surface area is 111 Å². The van der Waals surface area contributed by atoms with Gasteiger partial charge in [0.15, 0.2) is 0 Å². The molecule has 1 nitrogen and oxygen atoms in total. The molecule has 1 aromatic carbocycles. The Morgan fingerprint density at radius 3 is 2.62 bits per heavy atom. The Kier molecular flexibility index (Phi) is 3.47. The second-order valence-corrected chi connectivity index (χ2v) is 5.84. The summed E-state index contributed by atoms with van der Waals surface area (Å²) < 4.78 is 0.966. The average molecular weight is 316 g/mol. The Hall–Kier alpha value is -0.640. The van der Waals surface area contributed by atoms with Crippen LogP contribution < -0.4 is 0 Å². The maximum absolute atomic E-state index is 12.1. The van der Waals surface area contributed by atoms with Crippen LogP contribution >= 0.6 is 38.9 Å². The quantitative estimate of drug-likeness (QED) is 0.734. The van der Waals surface area contributed by atoms with Crippen LogP contribution in [0.5, 0.6) is 0 Å². The number of hydrogen-bond donors (Lipinski definition) is 0. The maximum Gasteiger partial charge on any atom is 0.204 e. The summed E-state index contributed by atoms with van der Waals surface area (Å²) in [6.07, 6.45) is 0. The van der Waals surface area contributed by atoms with Crippen LogP contribution in [-0.2, 0) is 0 Å². The highest BCUT2D eigenvalue weighted by atomic mass is 79.9. The Bertz CT molecular complexity index is 528. The van der Waals surface area contributed by atoms with E-state index in [0.717, 1.165) is 9.35 Å². The maximum atomic E-state index is 12.1. The number of halogens is 2. The van der Waals surface area contributed by atoms with Gasteiger partial charge in [-0.2, -0.15) is 0 Å². The molecule has 0 bridgehead atoms. The van der Waals surface area contributed by atoms with E-state index < -0.39 is 0 Å². The largest absolute Gasteiger partial charge is 0.288 e. The summed E-state index contributed by atoms with van der Waals surface area (Å²) in [4.78, 5) is 13.9. The van der Waals surface area contributed by atoms with E-state index in [1.807, 2.05) is 25.1 Å². The van der Waals surface area contributed by atoms with Gasteiger partial charge in [-0.25, -0.2) is 0 Å². The van der Waals surface area contributed by atoms with Crippen molar-refractivity contribution in [1.29, 1.82) is 0 Å². The van der Waals surface area contributed by atoms with Gasteiger partial charge in [-0.05, 0) is 41.1 Å². The third-order valence-electron chi connectivity index (χ3n) is 2.20. The number of aryl methyl sites for hydroxylation is 1. The number of hydrogen-bond acceptors (Lipinski definition) is 2. The standard InChI is InChI=1S/C12H8BrClOS/c1-7-9(13)6-11(16-7)12(15)8-4-2-3-5-10(8)14/h2-6H,1H3. The minimum atomic E-state index is -0.0237. The molecule has 0 aliphatic carbocycles. The fourth-order valence-corrected chi connectivity index (χ4v) is 3.06. The number of rotatable bonds is 2. The molecule has 0 saturated heterocycles. The molecular formula is C12H8BrClOS. The molecule has 2 aromatic rings. The van der Waals surface area contributed by atoms with E-state index >= 15 is 0 Å². The molecule has 0 aliphatic heterocycles. The zero-order chi connectivity index (χ0) is 11.7. The third-order valence-corrected chi connectivity index (χ3v) is 4.66. The molecule has 0 spiro atoms. The van der Waals surface area contributed by atoms with Crippen molar-refractivity contribution in [1.82, 2.24) is 0 Å². The van der Waals surface area contributed by atoms with E-state index in [2.05, 4.69) is 15.9 Å². The number of ketones is 1. The second-order valence-electron chi connectivity index (χ2n) is 3.32. The van der Waals surface area contributed by atoms with Gasteiger partial charge in [-0.15, -0.1) is 11.3 Å². The predicted molar refractivity (Wildman–Crippen MR) is 71.6 cm³/mol. The van der Waals surface area contributed by atoms with Crippen molar-refractivity contribution in [2.75, 3.05) is 0 Å². The van der Waals surface area contributed by atoms with Gasteiger partial charge in [0.1, 0.15) is 0 Å². The van der Waals surface area contributed by atoms with Crippen molar-refractivity contribution >= 4 is 44.7 Å². The van der Waals surface area contributed by atoms with Gasteiger partial charge in [-0.1, -0.05) is 23.7 Å². The molecule has 0 aliphatic rings. The predicted octanol–water partition coefficient (Wildman–Crippen LogP) is 4.70. The van der Waals surface area contributed by atoms with Gasteiger partial charge in [0.2, 0.25) is 5.78 Å². The molecule has 0 fully saturated rings. The van der Waals surface area contributed by atoms with Crippen LogP contribution in [0.2, 0.25) is 5.02 Å². The van der Waals surface area contributed by atoms with Crippen molar-refractivity contribution in [3.63, 3.8) is 0 Å². The van der Waals surface area contributed by atoms with E-state index in [1.54, 1.807) is 12.1 Å². The first-order chi connectivity index (χ1) is 7.59. The molecule has 1 aromatic heterocycles. The lowest BCUT2D eigenvalue weighted by atomic mass is 10.1. The molecule has 0 saturated carbocycles. The van der Waals surface area contributed by atoms with E-state index in [4.69, 9.17) is 11.6 Å². The first-order valence-corrected chi connectivity index (χ1v) is 6.63. The van der Waals surface area contributed by atoms with Gasteiger partial charge in [0.25, 0.3) is 0 Å². The Morgan fingerprint density at radius 2 is 2.06 bits per heavy atom. The lowest BCUT2D eigenvalue weighted by Crippen LogP contribution is -1.98. The highest BCUT2D eigenvalue weighted by Gasteiger charge is 2.15. The van der Waals surface area contributed by atoms with Gasteiger partial charge in [0.05, 0.1) is 9.90 Å². The van der Waals surface area contributed by atoms with Gasteiger partial charge < -0.3 is 0 Å². The fraction of sp³-hybridized carbons (Fsp3) is 0.0833. The van der Waals surface area contributed by atoms with E-state index in [1.165, 1.54) is 11.3 Å². The minimum absolute atomic E-state index is 0.0237. The first-order valence-electron chi connectivity index (χ1n) is 4.65. The Balaban J connectivity index is 2.43. The van der Waals surface area contributed by atoms with Crippen molar-refractivity contribution in [2.45, 2.75) is 6.92 Å². The molecule has 82 valence electrons. The molecule has 0 N–H and O–H groups in total. The van der Waals surface area contributed by atoms with Crippen molar-refractivity contribution in [2.24, 2.45) is 0 Å². The number of thiophene rings is 1. The smallest absolute Gasteiger partial charge is 0.204 e. The lowest BCUT2D eigenvalue weighted by Gasteiger charge is -1.99. The molecular weight excluding hydrogens is 308 g/mol. The van der Waals surface area contributed by atoms with Crippen LogP contribution in [0, 0.1) is 6.92 Å². The molecule has 2 rings (SSSR count). The third kappa shape index (κ3) is 2.21. The molecule has 16 heavy (non-hydrogen) atoms. The van der Waals surface area contributed by atoms with Crippen LogP contribution in [0.3, 0.4) is 0 Å². The zero-order valence-electron chi connectivity index (χ0n) is 8.46. The van der Waals surface area contributed by atoms with Crippen LogP contribution in [0.4, 0.5) is 0 Å². The summed E-state index contributed by atoms with van der Waals surface area (Å²) >= 11 is 10.9. The van der Waals surface area contributed by atoms with E-state index in [-0.39, 0.29) is 5.78 Å². The summed E-state index contributed by atoms with van der Waals surface area (Å²) in [7, 11) is 0. The summed E-state index contributed by atoms with van der Waals surface area (Å²) in [6.45, 7) is 1.97. The lowest BCUT2D eigenvalue weighted by molar-refractivity contribution is 0.104. The molecule has 0 amide bonds. The number of carbonyl (C=O) groups excluding carboxylic acids is 1. The van der Waals surface area contributed by atoms with Crippen LogP contribution in [0.15, 0.2) is 34.8 Å². The van der Waals surface area contributed by atoms with E-state index in [0.29, 0.717) is 15.5 Å². The molecule has 0 unspecified atom stereocenters. The highest BCUT2D eigenvalue weighted by molar-refractivity contribution is 9.10. The average Bonchev–Trinajstić information content (AvgIpc) is 2.59. The van der Waals surface area contributed by atoms with E-state index in [9.17, 15) is 4.79 Å². The van der Waals surface area contributed by atoms with Crippen molar-refractivity contribution in [3.05, 3.63) is 55.1 Å². The molecule has 1 heterocycles. The van der Waals surface area contributed by atoms with Crippen molar-refractivity contribution < 1.29 is 4.79 Å². The van der Waals surface area contributed by atoms with Crippen LogP contribution in [0.25, 0.3) is 0 Å². The van der Waals surface area contributed by atoms with Crippen LogP contribution in [0.1, 0.15) is 20.1 Å². The molecule has 4 heteroatoms. The monoisotopic (exact) mass is 314 g/mol. The van der Waals surface area contributed by atoms with Crippen LogP contribution in [-0.4, -0.2) is 5.78 Å². The summed E-state index contributed by atoms with van der Waals surface area (Å²) in [6, 6.07) is 8.94. The summed E-state index contributed by atoms with van der Waals surface area (Å²) in [5.74, 6) is -0.0237. The summed E-state index contributed by atoms with van der Waals surface area (Å²) in [5, 5.41) is 0.495. The molecule has 0 radical (unpaired) electrons. The number of benzene rings is 1. The van der Waals surface area contributed by atoms with Gasteiger partial charge >= 0.3 is 0 Å². The first kappa shape index (κ1) is 11.8. The normalized spacial score (nSPS) is 10.4. The fourth-order valence-electron chi connectivity index (χ4n) is 1.35. The van der Waals surface area contributed by atoms with Gasteiger partial charge in [-0.3, -0.25) is 4.79 Å². The van der Waals surface area contributed by atoms with Gasteiger partial charge in [0, 0.05) is 14.9 Å². The Morgan fingerprint density at radius 1 is 1.38 bits per heavy atom. The SMILES string of the molecule is Cc1sc(C(=O)c2ccccc2Cl)cc1Br. The topological polar surface area (TPSA) is 17.1 Å². The minimum Gasteiger partial charge on any atom is -0.288 e. The summed E-state index contributed by atoms with van der Waals surface area (Å²) in [5.41, 5.74) is 0.554. The highest BCUT2D eigenvalue weighted by Crippen LogP contribution is 2.29.